The maximum Gasteiger partial charge on any atom is 0.0624 e. The van der Waals surface area contributed by atoms with Crippen molar-refractivity contribution in [2.24, 2.45) is 5.92 Å². The average Bonchev–Trinajstić information content (AvgIpc) is 2.20. The third-order valence-corrected chi connectivity index (χ3v) is 2.79. The summed E-state index contributed by atoms with van der Waals surface area (Å²) >= 11 is 0. The second kappa shape index (κ2) is 6.35. The van der Waals surface area contributed by atoms with Gasteiger partial charge in [0.1, 0.15) is 0 Å². The van der Waals surface area contributed by atoms with Crippen molar-refractivity contribution in [2.75, 3.05) is 39.5 Å². The van der Waals surface area contributed by atoms with Gasteiger partial charge in [-0.1, -0.05) is 6.92 Å². The van der Waals surface area contributed by atoms with Crippen LogP contribution in [0.3, 0.4) is 0 Å². The van der Waals surface area contributed by atoms with Crippen LogP contribution < -0.4 is 0 Å². The molecule has 0 aromatic rings. The lowest BCUT2D eigenvalue weighted by Crippen LogP contribution is -2.41. The summed E-state index contributed by atoms with van der Waals surface area (Å²) in [6, 6.07) is 0. The number of ether oxygens (including phenoxy) is 1. The molecule has 1 rings (SSSR count). The summed E-state index contributed by atoms with van der Waals surface area (Å²) in [6.07, 6.45) is 0.498. The molecule has 1 aliphatic rings. The highest BCUT2D eigenvalue weighted by atomic mass is 16.5. The van der Waals surface area contributed by atoms with Gasteiger partial charge in [0.2, 0.25) is 0 Å². The van der Waals surface area contributed by atoms with Crippen LogP contribution in [-0.4, -0.2) is 60.7 Å². The molecule has 4 heteroatoms. The summed E-state index contributed by atoms with van der Waals surface area (Å²) in [7, 11) is 0. The fourth-order valence-corrected chi connectivity index (χ4v) is 1.81. The molecule has 1 heterocycles. The van der Waals surface area contributed by atoms with E-state index < -0.39 is 0 Å². The lowest BCUT2D eigenvalue weighted by molar-refractivity contribution is -0.0471. The molecule has 0 bridgehead atoms. The standard InChI is InChI=1S/C10H21NO3/c1-2-11(4-5-12)7-9-8-14-6-3-10(9)13/h9-10,12-13H,2-8H2,1H3. The van der Waals surface area contributed by atoms with E-state index in [1.807, 2.05) is 0 Å². The molecule has 1 fully saturated rings. The van der Waals surface area contributed by atoms with Crippen molar-refractivity contribution in [3.8, 4) is 0 Å². The summed E-state index contributed by atoms with van der Waals surface area (Å²) in [5, 5.41) is 18.5. The van der Waals surface area contributed by atoms with Gasteiger partial charge in [-0.05, 0) is 13.0 Å². The van der Waals surface area contributed by atoms with Crippen LogP contribution in [0.4, 0.5) is 0 Å². The molecule has 84 valence electrons. The summed E-state index contributed by atoms with van der Waals surface area (Å²) in [6.45, 7) is 5.96. The van der Waals surface area contributed by atoms with Gasteiger partial charge in [0.25, 0.3) is 0 Å². The quantitative estimate of drug-likeness (QED) is 0.644. The van der Waals surface area contributed by atoms with Crippen molar-refractivity contribution in [2.45, 2.75) is 19.4 Å². The van der Waals surface area contributed by atoms with Crippen LogP contribution in [-0.2, 0) is 4.74 Å². The van der Waals surface area contributed by atoms with E-state index in [2.05, 4.69) is 11.8 Å². The maximum absolute atomic E-state index is 9.71. The van der Waals surface area contributed by atoms with Gasteiger partial charge in [0, 0.05) is 25.6 Å². The van der Waals surface area contributed by atoms with E-state index in [1.54, 1.807) is 0 Å². The first kappa shape index (κ1) is 11.9. The maximum atomic E-state index is 9.71. The van der Waals surface area contributed by atoms with E-state index in [4.69, 9.17) is 9.84 Å². The monoisotopic (exact) mass is 203 g/mol. The molecular weight excluding hydrogens is 182 g/mol. The Labute approximate surface area is 85.5 Å². The molecule has 2 N–H and O–H groups in total. The fourth-order valence-electron chi connectivity index (χ4n) is 1.81. The molecule has 0 spiro atoms. The van der Waals surface area contributed by atoms with Crippen molar-refractivity contribution < 1.29 is 14.9 Å². The lowest BCUT2D eigenvalue weighted by atomic mass is 9.98. The Bertz CT molecular complexity index is 154. The molecule has 1 saturated heterocycles. The first-order chi connectivity index (χ1) is 6.77. The lowest BCUT2D eigenvalue weighted by Gasteiger charge is -2.32. The van der Waals surface area contributed by atoms with E-state index in [-0.39, 0.29) is 18.6 Å². The van der Waals surface area contributed by atoms with E-state index in [0.29, 0.717) is 19.8 Å². The Hall–Kier alpha value is -0.160. The minimum absolute atomic E-state index is 0.178. The average molecular weight is 203 g/mol. The number of hydrogen-bond donors (Lipinski definition) is 2. The second-order valence-electron chi connectivity index (χ2n) is 3.81. The van der Waals surface area contributed by atoms with Gasteiger partial charge in [-0.3, -0.25) is 0 Å². The van der Waals surface area contributed by atoms with Gasteiger partial charge in [0.15, 0.2) is 0 Å². The van der Waals surface area contributed by atoms with E-state index in [9.17, 15) is 5.11 Å². The van der Waals surface area contributed by atoms with Crippen molar-refractivity contribution in [1.29, 1.82) is 0 Å². The van der Waals surface area contributed by atoms with Crippen LogP contribution in [0.2, 0.25) is 0 Å². The van der Waals surface area contributed by atoms with E-state index in [0.717, 1.165) is 19.5 Å². The summed E-state index contributed by atoms with van der Waals surface area (Å²) in [5.74, 6) is 0.204. The molecule has 4 nitrogen and oxygen atoms in total. The van der Waals surface area contributed by atoms with Crippen LogP contribution in [0.5, 0.6) is 0 Å². The highest BCUT2D eigenvalue weighted by Gasteiger charge is 2.25. The van der Waals surface area contributed by atoms with Gasteiger partial charge >= 0.3 is 0 Å². The largest absolute Gasteiger partial charge is 0.395 e. The SMILES string of the molecule is CCN(CCO)CC1COCCC1O. The molecule has 2 atom stereocenters. The first-order valence-electron chi connectivity index (χ1n) is 5.37. The molecule has 0 radical (unpaired) electrons. The fraction of sp³-hybridized carbons (Fsp3) is 1.00. The molecule has 0 aromatic heterocycles. The Kier molecular flexibility index (Phi) is 5.40. The topological polar surface area (TPSA) is 52.9 Å². The Morgan fingerprint density at radius 3 is 2.86 bits per heavy atom. The minimum Gasteiger partial charge on any atom is -0.395 e. The zero-order valence-corrected chi connectivity index (χ0v) is 8.85. The smallest absolute Gasteiger partial charge is 0.0624 e. The molecule has 1 aliphatic heterocycles. The highest BCUT2D eigenvalue weighted by molar-refractivity contribution is 4.75. The van der Waals surface area contributed by atoms with Crippen LogP contribution in [0, 0.1) is 5.92 Å². The zero-order chi connectivity index (χ0) is 10.4. The van der Waals surface area contributed by atoms with Crippen LogP contribution in [0.1, 0.15) is 13.3 Å². The number of likely N-dealkylation sites (N-methyl/N-ethyl adjacent to an activating group) is 1. The van der Waals surface area contributed by atoms with Gasteiger partial charge in [-0.2, -0.15) is 0 Å². The van der Waals surface area contributed by atoms with Gasteiger partial charge in [-0.15, -0.1) is 0 Å². The van der Waals surface area contributed by atoms with Crippen molar-refractivity contribution >= 4 is 0 Å². The third kappa shape index (κ3) is 3.53. The normalized spacial score (nSPS) is 28.3. The van der Waals surface area contributed by atoms with Crippen molar-refractivity contribution in [3.05, 3.63) is 0 Å². The van der Waals surface area contributed by atoms with Crippen LogP contribution in [0.25, 0.3) is 0 Å². The van der Waals surface area contributed by atoms with E-state index in [1.165, 1.54) is 0 Å². The van der Waals surface area contributed by atoms with Crippen LogP contribution in [0.15, 0.2) is 0 Å². The minimum atomic E-state index is -0.239. The van der Waals surface area contributed by atoms with Crippen molar-refractivity contribution in [3.63, 3.8) is 0 Å². The Balaban J connectivity index is 2.31. The molecule has 0 amide bonds. The third-order valence-electron chi connectivity index (χ3n) is 2.79. The van der Waals surface area contributed by atoms with E-state index >= 15 is 0 Å². The Morgan fingerprint density at radius 1 is 1.50 bits per heavy atom. The molecule has 0 aliphatic carbocycles. The number of aliphatic hydroxyl groups excluding tert-OH is 2. The summed E-state index contributed by atoms with van der Waals surface area (Å²) in [5.41, 5.74) is 0. The Morgan fingerprint density at radius 2 is 2.29 bits per heavy atom. The molecule has 2 unspecified atom stereocenters. The molecule has 0 aromatic carbocycles. The molecular formula is C10H21NO3. The summed E-state index contributed by atoms with van der Waals surface area (Å²) < 4.78 is 5.33. The zero-order valence-electron chi connectivity index (χ0n) is 8.85. The second-order valence-corrected chi connectivity index (χ2v) is 3.81. The number of hydrogen-bond acceptors (Lipinski definition) is 4. The number of nitrogens with zero attached hydrogens (tertiary/aromatic N) is 1. The van der Waals surface area contributed by atoms with Crippen LogP contribution >= 0.6 is 0 Å². The van der Waals surface area contributed by atoms with Gasteiger partial charge in [-0.25, -0.2) is 0 Å². The number of aliphatic hydroxyl groups is 2. The first-order valence-corrected chi connectivity index (χ1v) is 5.37. The summed E-state index contributed by atoms with van der Waals surface area (Å²) in [4.78, 5) is 2.14. The van der Waals surface area contributed by atoms with Gasteiger partial charge < -0.3 is 19.8 Å². The molecule has 14 heavy (non-hydrogen) atoms. The predicted molar refractivity (Wildman–Crippen MR) is 54.1 cm³/mol. The molecule has 0 saturated carbocycles. The van der Waals surface area contributed by atoms with Gasteiger partial charge in [0.05, 0.1) is 19.3 Å². The number of rotatable bonds is 5. The van der Waals surface area contributed by atoms with Crippen molar-refractivity contribution in [1.82, 2.24) is 4.90 Å². The highest BCUT2D eigenvalue weighted by Crippen LogP contribution is 2.15. The predicted octanol–water partition coefficient (Wildman–Crippen LogP) is -0.302.